The van der Waals surface area contributed by atoms with E-state index in [1.807, 2.05) is 0 Å². The zero-order valence-corrected chi connectivity index (χ0v) is 12.1. The first-order valence-corrected chi connectivity index (χ1v) is 7.09. The van der Waals surface area contributed by atoms with Crippen LogP contribution in [-0.2, 0) is 0 Å². The quantitative estimate of drug-likeness (QED) is 0.617. The largest absolute Gasteiger partial charge is 0.313 e. The summed E-state index contributed by atoms with van der Waals surface area (Å²) < 4.78 is 0. The molecular weight excluding hydrogens is 196 g/mol. The van der Waals surface area contributed by atoms with Crippen LogP contribution < -0.4 is 5.32 Å². The second-order valence-corrected chi connectivity index (χ2v) is 4.94. The van der Waals surface area contributed by atoms with E-state index in [0.717, 1.165) is 19.1 Å². The highest BCUT2D eigenvalue weighted by molar-refractivity contribution is 4.67. The van der Waals surface area contributed by atoms with Gasteiger partial charge >= 0.3 is 0 Å². The van der Waals surface area contributed by atoms with Crippen molar-refractivity contribution in [1.82, 2.24) is 10.2 Å². The summed E-state index contributed by atoms with van der Waals surface area (Å²) >= 11 is 0. The molecule has 0 saturated carbocycles. The maximum atomic E-state index is 3.67. The molecule has 2 atom stereocenters. The minimum Gasteiger partial charge on any atom is -0.313 e. The molecule has 0 amide bonds. The lowest BCUT2D eigenvalue weighted by Crippen LogP contribution is -2.38. The van der Waals surface area contributed by atoms with Crippen LogP contribution in [0.1, 0.15) is 59.8 Å². The van der Waals surface area contributed by atoms with Crippen molar-refractivity contribution in [2.45, 2.75) is 71.9 Å². The van der Waals surface area contributed by atoms with Gasteiger partial charge in [-0.2, -0.15) is 0 Å². The Balaban J connectivity index is 3.60. The number of hydrogen-bond acceptors (Lipinski definition) is 2. The molecule has 0 aromatic carbocycles. The fraction of sp³-hybridized carbons (Fsp3) is 1.00. The molecule has 2 unspecified atom stereocenters. The molecular formula is C14H32N2. The van der Waals surface area contributed by atoms with E-state index in [2.05, 4.69) is 45.0 Å². The van der Waals surface area contributed by atoms with Crippen molar-refractivity contribution < 1.29 is 0 Å². The highest BCUT2D eigenvalue weighted by atomic mass is 15.1. The van der Waals surface area contributed by atoms with Crippen molar-refractivity contribution in [3.63, 3.8) is 0 Å². The van der Waals surface area contributed by atoms with Crippen LogP contribution in [0.15, 0.2) is 0 Å². The maximum Gasteiger partial charge on any atom is 0.0107 e. The Morgan fingerprint density at radius 3 is 2.31 bits per heavy atom. The predicted molar refractivity (Wildman–Crippen MR) is 74.0 cm³/mol. The Morgan fingerprint density at radius 1 is 1.12 bits per heavy atom. The molecule has 0 radical (unpaired) electrons. The van der Waals surface area contributed by atoms with Crippen molar-refractivity contribution >= 4 is 0 Å². The van der Waals surface area contributed by atoms with Crippen molar-refractivity contribution in [3.8, 4) is 0 Å². The number of hydrogen-bond donors (Lipinski definition) is 1. The third kappa shape index (κ3) is 7.24. The highest BCUT2D eigenvalue weighted by Gasteiger charge is 2.08. The molecule has 0 aliphatic rings. The third-order valence-electron chi connectivity index (χ3n) is 3.64. The molecule has 0 rings (SSSR count). The number of unbranched alkanes of at least 4 members (excludes halogenated alkanes) is 1. The lowest BCUT2D eigenvalue weighted by Gasteiger charge is -2.25. The fourth-order valence-electron chi connectivity index (χ4n) is 1.88. The summed E-state index contributed by atoms with van der Waals surface area (Å²) in [7, 11) is 2.23. The van der Waals surface area contributed by atoms with E-state index in [9.17, 15) is 0 Å². The van der Waals surface area contributed by atoms with Crippen LogP contribution in [0.5, 0.6) is 0 Å². The minimum atomic E-state index is 0.706. The molecule has 0 aliphatic heterocycles. The smallest absolute Gasteiger partial charge is 0.0107 e. The Labute approximate surface area is 103 Å². The van der Waals surface area contributed by atoms with Gasteiger partial charge in [0, 0.05) is 25.2 Å². The molecule has 0 fully saturated rings. The Bertz CT molecular complexity index is 148. The second kappa shape index (κ2) is 10.1. The first-order valence-electron chi connectivity index (χ1n) is 7.09. The molecule has 1 N–H and O–H groups in total. The molecule has 98 valence electrons. The van der Waals surface area contributed by atoms with E-state index in [1.165, 1.54) is 32.1 Å². The van der Waals surface area contributed by atoms with Crippen LogP contribution in [0, 0.1) is 0 Å². The summed E-state index contributed by atoms with van der Waals surface area (Å²) in [5.41, 5.74) is 0. The Kier molecular flexibility index (Phi) is 10.0. The van der Waals surface area contributed by atoms with Crippen LogP contribution in [0.3, 0.4) is 0 Å². The van der Waals surface area contributed by atoms with Crippen LogP contribution in [-0.4, -0.2) is 37.1 Å². The average molecular weight is 228 g/mol. The SMILES string of the molecule is CCCCC(CC)NCCN(C)C(C)CC. The van der Waals surface area contributed by atoms with Gasteiger partial charge in [0.25, 0.3) is 0 Å². The van der Waals surface area contributed by atoms with Crippen LogP contribution in [0.2, 0.25) is 0 Å². The second-order valence-electron chi connectivity index (χ2n) is 4.94. The van der Waals surface area contributed by atoms with Gasteiger partial charge in [0.15, 0.2) is 0 Å². The van der Waals surface area contributed by atoms with Gasteiger partial charge in [-0.05, 0) is 33.2 Å². The Morgan fingerprint density at radius 2 is 1.81 bits per heavy atom. The zero-order chi connectivity index (χ0) is 12.4. The van der Waals surface area contributed by atoms with Gasteiger partial charge in [0.2, 0.25) is 0 Å². The van der Waals surface area contributed by atoms with Crippen molar-refractivity contribution in [1.29, 1.82) is 0 Å². The molecule has 0 aliphatic carbocycles. The number of nitrogens with zero attached hydrogens (tertiary/aromatic N) is 1. The molecule has 16 heavy (non-hydrogen) atoms. The summed E-state index contributed by atoms with van der Waals surface area (Å²) in [5.74, 6) is 0. The van der Waals surface area contributed by atoms with Gasteiger partial charge in [-0.3, -0.25) is 0 Å². The van der Waals surface area contributed by atoms with Crippen molar-refractivity contribution in [2.75, 3.05) is 20.1 Å². The topological polar surface area (TPSA) is 15.3 Å². The molecule has 2 nitrogen and oxygen atoms in total. The van der Waals surface area contributed by atoms with E-state index in [4.69, 9.17) is 0 Å². The minimum absolute atomic E-state index is 0.706. The van der Waals surface area contributed by atoms with Gasteiger partial charge in [0.05, 0.1) is 0 Å². The number of rotatable bonds is 10. The maximum absolute atomic E-state index is 3.67. The van der Waals surface area contributed by atoms with Gasteiger partial charge in [-0.15, -0.1) is 0 Å². The number of likely N-dealkylation sites (N-methyl/N-ethyl adjacent to an activating group) is 1. The van der Waals surface area contributed by atoms with E-state index in [0.29, 0.717) is 6.04 Å². The van der Waals surface area contributed by atoms with E-state index in [1.54, 1.807) is 0 Å². The fourth-order valence-corrected chi connectivity index (χ4v) is 1.88. The van der Waals surface area contributed by atoms with E-state index in [-0.39, 0.29) is 0 Å². The highest BCUT2D eigenvalue weighted by Crippen LogP contribution is 2.04. The molecule has 2 heteroatoms. The van der Waals surface area contributed by atoms with Gasteiger partial charge in [0.1, 0.15) is 0 Å². The zero-order valence-electron chi connectivity index (χ0n) is 12.1. The summed E-state index contributed by atoms with van der Waals surface area (Å²) in [5, 5.41) is 3.67. The van der Waals surface area contributed by atoms with Gasteiger partial charge < -0.3 is 10.2 Å². The lowest BCUT2D eigenvalue weighted by molar-refractivity contribution is 0.246. The van der Waals surface area contributed by atoms with Crippen LogP contribution >= 0.6 is 0 Å². The lowest BCUT2D eigenvalue weighted by atomic mass is 10.1. The van der Waals surface area contributed by atoms with Crippen LogP contribution in [0.25, 0.3) is 0 Å². The normalized spacial score (nSPS) is 15.4. The average Bonchev–Trinajstić information content (AvgIpc) is 2.32. The monoisotopic (exact) mass is 228 g/mol. The molecule has 0 saturated heterocycles. The summed E-state index contributed by atoms with van der Waals surface area (Å²) in [6.07, 6.45) is 6.49. The Hall–Kier alpha value is -0.0800. The molecule has 0 aromatic rings. The van der Waals surface area contributed by atoms with E-state index >= 15 is 0 Å². The van der Waals surface area contributed by atoms with Gasteiger partial charge in [-0.1, -0.05) is 33.6 Å². The van der Waals surface area contributed by atoms with Crippen LogP contribution in [0.4, 0.5) is 0 Å². The first-order chi connectivity index (χ1) is 7.65. The molecule has 0 heterocycles. The standard InChI is InChI=1S/C14H32N2/c1-6-9-10-14(8-3)15-11-12-16(5)13(4)7-2/h13-15H,6-12H2,1-5H3. The summed E-state index contributed by atoms with van der Waals surface area (Å²) in [6.45, 7) is 11.4. The van der Waals surface area contributed by atoms with Crippen molar-refractivity contribution in [3.05, 3.63) is 0 Å². The summed E-state index contributed by atoms with van der Waals surface area (Å²) in [4.78, 5) is 2.44. The molecule has 0 spiro atoms. The third-order valence-corrected chi connectivity index (χ3v) is 3.64. The molecule has 0 aromatic heterocycles. The predicted octanol–water partition coefficient (Wildman–Crippen LogP) is 3.28. The first kappa shape index (κ1) is 15.9. The summed E-state index contributed by atoms with van der Waals surface area (Å²) in [6, 6.07) is 1.43. The van der Waals surface area contributed by atoms with Gasteiger partial charge in [-0.25, -0.2) is 0 Å². The van der Waals surface area contributed by atoms with Crippen molar-refractivity contribution in [2.24, 2.45) is 0 Å². The number of nitrogens with one attached hydrogen (secondary N) is 1. The van der Waals surface area contributed by atoms with E-state index < -0.39 is 0 Å². The molecule has 0 bridgehead atoms.